The third kappa shape index (κ3) is 5.19. The number of benzene rings is 2. The van der Waals surface area contributed by atoms with Crippen molar-refractivity contribution in [1.29, 1.82) is 0 Å². The molecule has 0 aliphatic rings. The maximum Gasteiger partial charge on any atom is 0.191 e. The van der Waals surface area contributed by atoms with E-state index in [1.54, 1.807) is 32.2 Å². The van der Waals surface area contributed by atoms with Gasteiger partial charge in [0.05, 0.1) is 12.8 Å². The van der Waals surface area contributed by atoms with Crippen LogP contribution in [0.3, 0.4) is 0 Å². The number of anilines is 1. The minimum atomic E-state index is 0.131. The summed E-state index contributed by atoms with van der Waals surface area (Å²) >= 11 is 5.25. The molecular weight excluding hydrogens is 334 g/mol. The number of thiocarbonyl (C=S) groups is 1. The van der Waals surface area contributed by atoms with Gasteiger partial charge in [-0.15, -0.1) is 0 Å². The van der Waals surface area contributed by atoms with Gasteiger partial charge < -0.3 is 15.2 Å². The zero-order valence-corrected chi connectivity index (χ0v) is 15.6. The summed E-state index contributed by atoms with van der Waals surface area (Å²) < 4.78 is 5.17. The van der Waals surface area contributed by atoms with Gasteiger partial charge in [0.1, 0.15) is 11.5 Å². The fourth-order valence-corrected chi connectivity index (χ4v) is 2.40. The van der Waals surface area contributed by atoms with Gasteiger partial charge in [-0.3, -0.25) is 5.43 Å². The first kappa shape index (κ1) is 18.7. The third-order valence-electron chi connectivity index (χ3n) is 3.75. The zero-order chi connectivity index (χ0) is 18.4. The minimum Gasteiger partial charge on any atom is -0.507 e. The number of phenols is 1. The van der Waals surface area contributed by atoms with Crippen LogP contribution in [0.5, 0.6) is 11.5 Å². The van der Waals surface area contributed by atoms with Crippen molar-refractivity contribution in [3.05, 3.63) is 53.6 Å². The van der Waals surface area contributed by atoms with Crippen LogP contribution < -0.4 is 15.5 Å². The van der Waals surface area contributed by atoms with Crippen LogP contribution in [0.15, 0.2) is 47.6 Å². The molecule has 0 amide bonds. The van der Waals surface area contributed by atoms with Crippen molar-refractivity contribution in [1.82, 2.24) is 5.43 Å². The van der Waals surface area contributed by atoms with Crippen molar-refractivity contribution in [2.75, 3.05) is 12.4 Å². The zero-order valence-electron chi connectivity index (χ0n) is 14.8. The molecule has 0 radical (unpaired) electrons. The first-order chi connectivity index (χ1) is 11.9. The van der Waals surface area contributed by atoms with E-state index in [1.807, 2.05) is 12.1 Å². The summed E-state index contributed by atoms with van der Waals surface area (Å²) in [5.41, 5.74) is 6.12. The predicted octanol–water partition coefficient (Wildman–Crippen LogP) is 4.23. The van der Waals surface area contributed by atoms with Crippen LogP contribution in [0.4, 0.5) is 5.69 Å². The van der Waals surface area contributed by atoms with E-state index in [4.69, 9.17) is 17.0 Å². The molecule has 0 aromatic heterocycles. The summed E-state index contributed by atoms with van der Waals surface area (Å²) in [6, 6.07) is 13.1. The topological polar surface area (TPSA) is 65.9 Å². The van der Waals surface area contributed by atoms with Crippen LogP contribution in [0.1, 0.15) is 37.8 Å². The quantitative estimate of drug-likeness (QED) is 0.424. The van der Waals surface area contributed by atoms with Gasteiger partial charge in [-0.2, -0.15) is 5.10 Å². The Morgan fingerprint density at radius 3 is 2.44 bits per heavy atom. The van der Waals surface area contributed by atoms with Gasteiger partial charge in [-0.25, -0.2) is 0 Å². The standard InChI is InChI=1S/C19H23N3O2S/c1-12(2)14-5-7-15(8-6-14)20-19(25)22-21-13(3)17-11-16(24-4)9-10-18(17)23/h5-12,23H,1-4H3,(H2,20,22,25)/b21-13+. The predicted molar refractivity (Wildman–Crippen MR) is 107 cm³/mol. The number of rotatable bonds is 5. The smallest absolute Gasteiger partial charge is 0.191 e. The van der Waals surface area contributed by atoms with Gasteiger partial charge in [0.25, 0.3) is 0 Å². The van der Waals surface area contributed by atoms with Crippen molar-refractivity contribution in [3.63, 3.8) is 0 Å². The molecule has 2 aromatic rings. The first-order valence-electron chi connectivity index (χ1n) is 7.99. The van der Waals surface area contributed by atoms with E-state index in [2.05, 4.69) is 41.8 Å². The number of aromatic hydroxyl groups is 1. The Balaban J connectivity index is 2.01. The largest absolute Gasteiger partial charge is 0.507 e. The maximum absolute atomic E-state index is 9.96. The number of hydrogen-bond acceptors (Lipinski definition) is 4. The van der Waals surface area contributed by atoms with E-state index in [-0.39, 0.29) is 5.75 Å². The van der Waals surface area contributed by atoms with Crippen LogP contribution in [0.2, 0.25) is 0 Å². The highest BCUT2D eigenvalue weighted by atomic mass is 32.1. The van der Waals surface area contributed by atoms with Crippen molar-refractivity contribution in [2.45, 2.75) is 26.7 Å². The third-order valence-corrected chi connectivity index (χ3v) is 3.95. The molecule has 3 N–H and O–H groups in total. The van der Waals surface area contributed by atoms with Gasteiger partial charge in [-0.1, -0.05) is 26.0 Å². The molecule has 0 saturated heterocycles. The lowest BCUT2D eigenvalue weighted by atomic mass is 10.0. The Morgan fingerprint density at radius 1 is 1.16 bits per heavy atom. The highest BCUT2D eigenvalue weighted by molar-refractivity contribution is 7.80. The molecule has 0 unspecified atom stereocenters. The lowest BCUT2D eigenvalue weighted by molar-refractivity contribution is 0.412. The highest BCUT2D eigenvalue weighted by Gasteiger charge is 2.07. The number of hydrazone groups is 1. The van der Waals surface area contributed by atoms with Crippen molar-refractivity contribution in [2.24, 2.45) is 5.10 Å². The molecule has 6 heteroatoms. The van der Waals surface area contributed by atoms with Crippen LogP contribution in [-0.4, -0.2) is 23.0 Å². The van der Waals surface area contributed by atoms with E-state index < -0.39 is 0 Å². The van der Waals surface area contributed by atoms with E-state index in [0.29, 0.717) is 28.1 Å². The summed E-state index contributed by atoms with van der Waals surface area (Å²) in [5, 5.41) is 17.6. The SMILES string of the molecule is COc1ccc(O)c(/C(C)=N/NC(=S)Nc2ccc(C(C)C)cc2)c1. The molecule has 0 saturated carbocycles. The molecule has 0 aliphatic carbocycles. The molecule has 0 fully saturated rings. The number of methoxy groups -OCH3 is 1. The molecule has 5 nitrogen and oxygen atoms in total. The lowest BCUT2D eigenvalue weighted by Crippen LogP contribution is -2.25. The number of ether oxygens (including phenoxy) is 1. The Bertz CT molecular complexity index is 771. The second-order valence-electron chi connectivity index (χ2n) is 5.92. The number of phenolic OH excluding ortho intramolecular Hbond substituents is 1. The fraction of sp³-hybridized carbons (Fsp3) is 0.263. The first-order valence-corrected chi connectivity index (χ1v) is 8.40. The average molecular weight is 357 g/mol. The summed E-state index contributed by atoms with van der Waals surface area (Å²) in [4.78, 5) is 0. The molecule has 0 aliphatic heterocycles. The summed E-state index contributed by atoms with van der Waals surface area (Å²) in [6.45, 7) is 6.09. The Labute approximate surface area is 153 Å². The molecular formula is C19H23N3O2S. The molecule has 132 valence electrons. The molecule has 0 heterocycles. The van der Waals surface area contributed by atoms with E-state index in [9.17, 15) is 5.11 Å². The van der Waals surface area contributed by atoms with Gasteiger partial charge in [0.15, 0.2) is 5.11 Å². The molecule has 0 atom stereocenters. The Hall–Kier alpha value is -2.60. The highest BCUT2D eigenvalue weighted by Crippen LogP contribution is 2.23. The summed E-state index contributed by atoms with van der Waals surface area (Å²) in [5.74, 6) is 1.27. The van der Waals surface area contributed by atoms with Gasteiger partial charge >= 0.3 is 0 Å². The molecule has 0 spiro atoms. The Morgan fingerprint density at radius 2 is 1.84 bits per heavy atom. The number of nitrogens with zero attached hydrogens (tertiary/aromatic N) is 1. The fourth-order valence-electron chi connectivity index (χ4n) is 2.24. The van der Waals surface area contributed by atoms with Crippen LogP contribution in [-0.2, 0) is 0 Å². The van der Waals surface area contributed by atoms with E-state index >= 15 is 0 Å². The van der Waals surface area contributed by atoms with E-state index in [0.717, 1.165) is 5.69 Å². The second-order valence-corrected chi connectivity index (χ2v) is 6.33. The molecule has 2 rings (SSSR count). The maximum atomic E-state index is 9.96. The molecule has 25 heavy (non-hydrogen) atoms. The van der Waals surface area contributed by atoms with Crippen LogP contribution in [0.25, 0.3) is 0 Å². The van der Waals surface area contributed by atoms with Crippen molar-refractivity contribution in [3.8, 4) is 11.5 Å². The second kappa shape index (κ2) is 8.48. The summed E-state index contributed by atoms with van der Waals surface area (Å²) in [6.07, 6.45) is 0. The monoisotopic (exact) mass is 357 g/mol. The van der Waals surface area contributed by atoms with Crippen molar-refractivity contribution >= 4 is 28.7 Å². The lowest BCUT2D eigenvalue weighted by Gasteiger charge is -2.11. The average Bonchev–Trinajstić information content (AvgIpc) is 2.60. The van der Waals surface area contributed by atoms with E-state index in [1.165, 1.54) is 5.56 Å². The van der Waals surface area contributed by atoms with Gasteiger partial charge in [0.2, 0.25) is 0 Å². The molecule has 2 aromatic carbocycles. The minimum absolute atomic E-state index is 0.131. The number of hydrogen-bond donors (Lipinski definition) is 3. The van der Waals surface area contributed by atoms with Gasteiger partial charge in [-0.05, 0) is 61.0 Å². The van der Waals surface area contributed by atoms with Gasteiger partial charge in [0, 0.05) is 11.3 Å². The van der Waals surface area contributed by atoms with Crippen LogP contribution in [0, 0.1) is 0 Å². The van der Waals surface area contributed by atoms with Crippen LogP contribution >= 0.6 is 12.2 Å². The Kier molecular flexibility index (Phi) is 6.36. The number of nitrogens with one attached hydrogen (secondary N) is 2. The summed E-state index contributed by atoms with van der Waals surface area (Å²) in [7, 11) is 1.57. The molecule has 0 bridgehead atoms. The normalized spacial score (nSPS) is 11.3. The van der Waals surface area contributed by atoms with Crippen molar-refractivity contribution < 1.29 is 9.84 Å².